The monoisotopic (exact) mass is 533 g/mol. The maximum Gasteiger partial charge on any atom is 0.254 e. The molecule has 0 spiro atoms. The third-order valence-electron chi connectivity index (χ3n) is 9.07. The summed E-state index contributed by atoms with van der Waals surface area (Å²) in [5.74, 6) is 0.801. The first-order valence-electron chi connectivity index (χ1n) is 14.5. The summed E-state index contributed by atoms with van der Waals surface area (Å²) in [6.45, 7) is 4.39. The maximum absolute atomic E-state index is 14.8. The van der Waals surface area contributed by atoms with Crippen LogP contribution in [0.3, 0.4) is 0 Å². The van der Waals surface area contributed by atoms with Gasteiger partial charge in [-0.15, -0.1) is 0 Å². The van der Waals surface area contributed by atoms with Crippen molar-refractivity contribution in [2.24, 2.45) is 5.92 Å². The Morgan fingerprint density at radius 2 is 1.77 bits per heavy atom. The lowest BCUT2D eigenvalue weighted by molar-refractivity contribution is -0.136. The molecule has 5 rings (SSSR count). The zero-order valence-corrected chi connectivity index (χ0v) is 23.7. The van der Waals surface area contributed by atoms with E-state index in [-0.39, 0.29) is 11.8 Å². The van der Waals surface area contributed by atoms with Gasteiger partial charge in [0.25, 0.3) is 5.91 Å². The number of ether oxygens (including phenoxy) is 2. The molecule has 39 heavy (non-hydrogen) atoms. The standard InChI is InChI=1S/C32H43N3O4/c1-33-30(23-14-16-25(39-3)17-15-23)29(26-11-4-5-12-27(26)31(33)36)32(37)35(20-9-21-38-2)22-24-10-8-19-34-18-7-6-13-28(24)34/h4-5,11-12,14-17,24,28-30H,6-10,13,18-22H2,1-3H3/t24-,28+,29+,30-/m0/s1. The summed E-state index contributed by atoms with van der Waals surface area (Å²) >= 11 is 0. The number of nitrogens with zero attached hydrogens (tertiary/aromatic N) is 3. The van der Waals surface area contributed by atoms with Crippen molar-refractivity contribution in [2.45, 2.75) is 56.5 Å². The molecule has 0 aromatic heterocycles. The average molecular weight is 534 g/mol. The van der Waals surface area contributed by atoms with Crippen LogP contribution < -0.4 is 4.74 Å². The van der Waals surface area contributed by atoms with Crippen molar-refractivity contribution in [3.05, 3.63) is 65.2 Å². The summed E-state index contributed by atoms with van der Waals surface area (Å²) in [4.78, 5) is 34.8. The van der Waals surface area contributed by atoms with Gasteiger partial charge in [-0.1, -0.05) is 36.8 Å². The largest absolute Gasteiger partial charge is 0.497 e. The van der Waals surface area contributed by atoms with E-state index in [4.69, 9.17) is 9.47 Å². The minimum atomic E-state index is -0.481. The molecule has 0 radical (unpaired) electrons. The van der Waals surface area contributed by atoms with Gasteiger partial charge in [-0.2, -0.15) is 0 Å². The van der Waals surface area contributed by atoms with E-state index < -0.39 is 12.0 Å². The summed E-state index contributed by atoms with van der Waals surface area (Å²) in [7, 11) is 5.18. The number of hydrogen-bond donors (Lipinski definition) is 0. The molecule has 4 atom stereocenters. The molecule has 3 heterocycles. The average Bonchev–Trinajstić information content (AvgIpc) is 2.98. The van der Waals surface area contributed by atoms with Crippen molar-refractivity contribution in [3.63, 3.8) is 0 Å². The van der Waals surface area contributed by atoms with E-state index in [1.807, 2.05) is 55.6 Å². The number of fused-ring (bicyclic) bond motifs is 2. The van der Waals surface area contributed by atoms with Gasteiger partial charge >= 0.3 is 0 Å². The van der Waals surface area contributed by atoms with E-state index in [2.05, 4.69) is 9.80 Å². The van der Waals surface area contributed by atoms with Crippen LogP contribution in [-0.2, 0) is 9.53 Å². The number of carbonyl (C=O) groups excluding carboxylic acids is 2. The summed E-state index contributed by atoms with van der Waals surface area (Å²) in [5.41, 5.74) is 2.38. The lowest BCUT2D eigenvalue weighted by Crippen LogP contribution is -2.53. The number of rotatable bonds is 9. The van der Waals surface area contributed by atoms with Crippen molar-refractivity contribution in [1.82, 2.24) is 14.7 Å². The lowest BCUT2D eigenvalue weighted by Gasteiger charge is -2.47. The van der Waals surface area contributed by atoms with E-state index >= 15 is 0 Å². The van der Waals surface area contributed by atoms with Crippen molar-refractivity contribution >= 4 is 11.8 Å². The first kappa shape index (κ1) is 27.7. The van der Waals surface area contributed by atoms with Gasteiger partial charge in [0.05, 0.1) is 19.1 Å². The molecule has 2 aromatic carbocycles. The molecule has 7 heteroatoms. The first-order valence-corrected chi connectivity index (χ1v) is 14.5. The number of hydrogen-bond acceptors (Lipinski definition) is 5. The van der Waals surface area contributed by atoms with Crippen LogP contribution in [0.15, 0.2) is 48.5 Å². The van der Waals surface area contributed by atoms with Crippen LogP contribution in [0.25, 0.3) is 0 Å². The molecule has 210 valence electrons. The van der Waals surface area contributed by atoms with Crippen LogP contribution >= 0.6 is 0 Å². The van der Waals surface area contributed by atoms with Crippen LogP contribution in [0.5, 0.6) is 5.75 Å². The van der Waals surface area contributed by atoms with Crippen LogP contribution in [-0.4, -0.2) is 86.6 Å². The minimum absolute atomic E-state index is 0.0495. The van der Waals surface area contributed by atoms with Gasteiger partial charge in [0.15, 0.2) is 0 Å². The van der Waals surface area contributed by atoms with Crippen LogP contribution in [0.2, 0.25) is 0 Å². The molecule has 3 aliphatic rings. The Balaban J connectivity index is 1.51. The van der Waals surface area contributed by atoms with Crippen molar-refractivity contribution in [1.29, 1.82) is 0 Å². The van der Waals surface area contributed by atoms with Gasteiger partial charge in [0, 0.05) is 45.5 Å². The second-order valence-electron chi connectivity index (χ2n) is 11.3. The molecule has 7 nitrogen and oxygen atoms in total. The molecular formula is C32H43N3O4. The normalized spacial score (nSPS) is 25.1. The van der Waals surface area contributed by atoms with Crippen molar-refractivity contribution in [3.8, 4) is 5.75 Å². The Bertz CT molecular complexity index is 1130. The lowest BCUT2D eigenvalue weighted by atomic mass is 9.78. The van der Waals surface area contributed by atoms with E-state index in [9.17, 15) is 9.59 Å². The predicted octanol–water partition coefficient (Wildman–Crippen LogP) is 4.74. The number of amides is 2. The minimum Gasteiger partial charge on any atom is -0.497 e. The molecule has 3 aliphatic heterocycles. The quantitative estimate of drug-likeness (QED) is 0.436. The van der Waals surface area contributed by atoms with Crippen molar-refractivity contribution in [2.75, 3.05) is 54.1 Å². The molecule has 2 amide bonds. The second kappa shape index (κ2) is 12.5. The van der Waals surface area contributed by atoms with Gasteiger partial charge in [-0.25, -0.2) is 0 Å². The Kier molecular flexibility index (Phi) is 8.88. The highest BCUT2D eigenvalue weighted by Gasteiger charge is 2.45. The SMILES string of the molecule is COCCCN(C[C@@H]1CCCN2CCCC[C@H]12)C(=O)[C@@H]1c2ccccc2C(=O)N(C)[C@H]1c1ccc(OC)cc1. The fourth-order valence-electron chi connectivity index (χ4n) is 7.12. The fourth-order valence-corrected chi connectivity index (χ4v) is 7.12. The zero-order chi connectivity index (χ0) is 27.4. The Morgan fingerprint density at radius 1 is 1.00 bits per heavy atom. The van der Waals surface area contributed by atoms with Gasteiger partial charge in [0.1, 0.15) is 5.75 Å². The summed E-state index contributed by atoms with van der Waals surface area (Å²) < 4.78 is 10.8. The topological polar surface area (TPSA) is 62.3 Å². The number of benzene rings is 2. The molecular weight excluding hydrogens is 490 g/mol. The number of piperidine rings is 2. The second-order valence-corrected chi connectivity index (χ2v) is 11.3. The molecule has 0 N–H and O–H groups in total. The van der Waals surface area contributed by atoms with E-state index in [0.717, 1.165) is 36.3 Å². The van der Waals surface area contributed by atoms with Gasteiger partial charge < -0.3 is 24.2 Å². The van der Waals surface area contributed by atoms with Gasteiger partial charge in [0.2, 0.25) is 5.91 Å². The molecule has 0 unspecified atom stereocenters. The molecule has 0 bridgehead atoms. The summed E-state index contributed by atoms with van der Waals surface area (Å²) in [6, 6.07) is 15.6. The van der Waals surface area contributed by atoms with Gasteiger partial charge in [-0.3, -0.25) is 9.59 Å². The van der Waals surface area contributed by atoms with Crippen LogP contribution in [0, 0.1) is 5.92 Å². The number of likely N-dealkylation sites (N-methyl/N-ethyl adjacent to an activating group) is 1. The molecule has 2 aromatic rings. The zero-order valence-electron chi connectivity index (χ0n) is 23.7. The number of methoxy groups -OCH3 is 2. The van der Waals surface area contributed by atoms with E-state index in [1.165, 1.54) is 38.8 Å². The third kappa shape index (κ3) is 5.71. The van der Waals surface area contributed by atoms with Crippen LogP contribution in [0.4, 0.5) is 0 Å². The number of carbonyl (C=O) groups is 2. The Labute approximate surface area is 233 Å². The van der Waals surface area contributed by atoms with Crippen LogP contribution in [0.1, 0.15) is 72.0 Å². The van der Waals surface area contributed by atoms with E-state index in [0.29, 0.717) is 30.7 Å². The smallest absolute Gasteiger partial charge is 0.254 e. The molecule has 2 fully saturated rings. The highest BCUT2D eigenvalue weighted by molar-refractivity contribution is 6.01. The van der Waals surface area contributed by atoms with Gasteiger partial charge in [-0.05, 0) is 80.4 Å². The summed E-state index contributed by atoms with van der Waals surface area (Å²) in [5, 5.41) is 0. The predicted molar refractivity (Wildman–Crippen MR) is 152 cm³/mol. The van der Waals surface area contributed by atoms with Crippen molar-refractivity contribution < 1.29 is 19.1 Å². The molecule has 2 saturated heterocycles. The first-order chi connectivity index (χ1) is 19.0. The Hall–Kier alpha value is -2.90. The fraction of sp³-hybridized carbons (Fsp3) is 0.562. The molecule has 0 saturated carbocycles. The maximum atomic E-state index is 14.8. The highest BCUT2D eigenvalue weighted by atomic mass is 16.5. The Morgan fingerprint density at radius 3 is 2.54 bits per heavy atom. The molecule has 0 aliphatic carbocycles. The highest BCUT2D eigenvalue weighted by Crippen LogP contribution is 2.43. The van der Waals surface area contributed by atoms with E-state index in [1.54, 1.807) is 19.1 Å². The summed E-state index contributed by atoms with van der Waals surface area (Å²) in [6.07, 6.45) is 6.93. The third-order valence-corrected chi connectivity index (χ3v) is 9.07.